The molecule has 4 nitrogen and oxygen atoms in total. The number of terminal acetylenes is 2. The van der Waals surface area contributed by atoms with Crippen LogP contribution in [0.1, 0.15) is 5.56 Å². The third-order valence-electron chi connectivity index (χ3n) is 1.94. The van der Waals surface area contributed by atoms with Gasteiger partial charge in [0.25, 0.3) is 0 Å². The quantitative estimate of drug-likeness (QED) is 0.610. The fourth-order valence-electron chi connectivity index (χ4n) is 1.20. The third-order valence-corrected chi connectivity index (χ3v) is 3.02. The van der Waals surface area contributed by atoms with Crippen LogP contribution in [0.4, 0.5) is 5.69 Å². The van der Waals surface area contributed by atoms with Gasteiger partial charge >= 0.3 is 10.0 Å². The van der Waals surface area contributed by atoms with Crippen LogP contribution in [0.15, 0.2) is 24.3 Å². The van der Waals surface area contributed by atoms with E-state index in [9.17, 15) is 8.42 Å². The minimum Gasteiger partial charge on any atom is -0.326 e. The summed E-state index contributed by atoms with van der Waals surface area (Å²) in [5, 5.41) is 1.66. The van der Waals surface area contributed by atoms with Crippen LogP contribution in [0.5, 0.6) is 0 Å². The van der Waals surface area contributed by atoms with Gasteiger partial charge in [0.2, 0.25) is 0 Å². The number of nitrogens with zero attached hydrogens (tertiary/aromatic N) is 1. The van der Waals surface area contributed by atoms with Crippen molar-refractivity contribution >= 4 is 15.7 Å². The van der Waals surface area contributed by atoms with Crippen LogP contribution in [0, 0.1) is 24.1 Å². The van der Waals surface area contributed by atoms with Gasteiger partial charge in [0.1, 0.15) is 0 Å². The molecular weight excluding hydrogens is 224 g/mol. The Hall–Kier alpha value is -1.95. The second-order valence-electron chi connectivity index (χ2n) is 2.85. The Morgan fingerprint density at radius 3 is 2.44 bits per heavy atom. The van der Waals surface area contributed by atoms with Crippen molar-refractivity contribution in [2.24, 2.45) is 5.73 Å². The maximum Gasteiger partial charge on any atom is 0.315 e. The first-order valence-electron chi connectivity index (χ1n) is 4.33. The third kappa shape index (κ3) is 2.17. The van der Waals surface area contributed by atoms with E-state index in [1.165, 1.54) is 0 Å². The number of nitrogens with two attached hydrogens (primary N) is 1. The summed E-state index contributed by atoms with van der Waals surface area (Å²) >= 11 is 0. The predicted molar refractivity (Wildman–Crippen MR) is 63.4 cm³/mol. The molecule has 5 heteroatoms. The summed E-state index contributed by atoms with van der Waals surface area (Å²) in [4.78, 5) is 0. The predicted octanol–water partition coefficient (Wildman–Crippen LogP) is 0.463. The van der Waals surface area contributed by atoms with E-state index in [0.717, 1.165) is 0 Å². The zero-order chi connectivity index (χ0) is 12.2. The van der Waals surface area contributed by atoms with Crippen LogP contribution in [0.3, 0.4) is 0 Å². The molecule has 16 heavy (non-hydrogen) atoms. The molecule has 0 fully saturated rings. The number of para-hydroxylation sites is 1. The van der Waals surface area contributed by atoms with Gasteiger partial charge in [-0.15, -0.1) is 6.42 Å². The molecule has 2 N–H and O–H groups in total. The SMILES string of the molecule is C#CN(c1ccccc1CN)S(=O)(=O)C#C. The lowest BCUT2D eigenvalue weighted by molar-refractivity contribution is 0.606. The lowest BCUT2D eigenvalue weighted by atomic mass is 10.2. The van der Waals surface area contributed by atoms with Crippen LogP contribution < -0.4 is 10.0 Å². The van der Waals surface area contributed by atoms with Crippen molar-refractivity contribution in [1.82, 2.24) is 0 Å². The van der Waals surface area contributed by atoms with Crippen molar-refractivity contribution in [3.63, 3.8) is 0 Å². The number of sulfonamides is 1. The van der Waals surface area contributed by atoms with E-state index in [2.05, 4.69) is 0 Å². The van der Waals surface area contributed by atoms with Gasteiger partial charge in [0.05, 0.1) is 5.69 Å². The highest BCUT2D eigenvalue weighted by Gasteiger charge is 2.20. The van der Waals surface area contributed by atoms with E-state index >= 15 is 0 Å². The molecule has 0 spiro atoms. The first kappa shape index (κ1) is 12.1. The molecule has 0 unspecified atom stereocenters. The molecule has 0 aliphatic rings. The van der Waals surface area contributed by atoms with E-state index < -0.39 is 10.0 Å². The highest BCUT2D eigenvalue weighted by atomic mass is 32.2. The summed E-state index contributed by atoms with van der Waals surface area (Å²) in [7, 11) is -3.93. The molecule has 82 valence electrons. The van der Waals surface area contributed by atoms with Crippen LogP contribution >= 0.6 is 0 Å². The van der Waals surface area contributed by atoms with Gasteiger partial charge in [-0.25, -0.2) is 0 Å². The Bertz CT molecular complexity index is 564. The smallest absolute Gasteiger partial charge is 0.315 e. The molecule has 0 radical (unpaired) electrons. The molecule has 0 saturated heterocycles. The van der Waals surface area contributed by atoms with Crippen LogP contribution in [0.2, 0.25) is 0 Å². The molecule has 0 heterocycles. The van der Waals surface area contributed by atoms with Gasteiger partial charge in [0, 0.05) is 17.8 Å². The first-order chi connectivity index (χ1) is 7.56. The summed E-state index contributed by atoms with van der Waals surface area (Å²) < 4.78 is 23.7. The molecule has 0 aliphatic heterocycles. The summed E-state index contributed by atoms with van der Waals surface area (Å²) in [6, 6.07) is 8.67. The zero-order valence-electron chi connectivity index (χ0n) is 8.42. The highest BCUT2D eigenvalue weighted by molar-refractivity contribution is 7.97. The Morgan fingerprint density at radius 2 is 1.94 bits per heavy atom. The highest BCUT2D eigenvalue weighted by Crippen LogP contribution is 2.21. The second kappa shape index (κ2) is 4.71. The van der Waals surface area contributed by atoms with Crippen molar-refractivity contribution in [1.29, 1.82) is 0 Å². The molecule has 1 aromatic rings. The summed E-state index contributed by atoms with van der Waals surface area (Å²) in [5.74, 6) is 0. The fourth-order valence-corrected chi connectivity index (χ4v) is 1.88. The minimum atomic E-state index is -3.93. The standard InChI is InChI=1S/C11H10N2O2S/c1-3-13(16(14,15)4-2)11-8-6-5-7-10(11)9-12/h1-2,5-8H,9,12H2. The lowest BCUT2D eigenvalue weighted by Gasteiger charge is -2.16. The Morgan fingerprint density at radius 1 is 1.31 bits per heavy atom. The van der Waals surface area contributed by atoms with Gasteiger partial charge in [-0.3, -0.25) is 0 Å². The minimum absolute atomic E-state index is 0.175. The van der Waals surface area contributed by atoms with Crippen molar-refractivity contribution in [3.05, 3.63) is 29.8 Å². The average Bonchev–Trinajstić information content (AvgIpc) is 2.30. The normalized spacial score (nSPS) is 10.2. The fraction of sp³-hybridized carbons (Fsp3) is 0.0909. The van der Waals surface area contributed by atoms with Crippen molar-refractivity contribution in [2.45, 2.75) is 6.54 Å². The molecule has 0 saturated carbocycles. The van der Waals surface area contributed by atoms with Crippen molar-refractivity contribution in [3.8, 4) is 24.1 Å². The zero-order valence-corrected chi connectivity index (χ0v) is 9.24. The monoisotopic (exact) mass is 234 g/mol. The molecular formula is C11H10N2O2S. The van der Waals surface area contributed by atoms with E-state index in [1.54, 1.807) is 29.5 Å². The largest absolute Gasteiger partial charge is 0.326 e. The van der Waals surface area contributed by atoms with Crippen LogP contribution in [-0.4, -0.2) is 8.42 Å². The first-order valence-corrected chi connectivity index (χ1v) is 5.77. The molecule has 0 aromatic heterocycles. The van der Waals surface area contributed by atoms with Gasteiger partial charge in [-0.1, -0.05) is 24.6 Å². The van der Waals surface area contributed by atoms with Crippen LogP contribution in [-0.2, 0) is 16.6 Å². The maximum absolute atomic E-state index is 11.5. The molecule has 1 aromatic carbocycles. The molecule has 0 bridgehead atoms. The lowest BCUT2D eigenvalue weighted by Crippen LogP contribution is -2.25. The molecule has 0 atom stereocenters. The summed E-state index contributed by atoms with van der Waals surface area (Å²) in [6.07, 6.45) is 10.1. The van der Waals surface area contributed by atoms with Crippen LogP contribution in [0.25, 0.3) is 0 Å². The van der Waals surface area contributed by atoms with E-state index in [0.29, 0.717) is 15.6 Å². The van der Waals surface area contributed by atoms with E-state index in [-0.39, 0.29) is 6.54 Å². The van der Waals surface area contributed by atoms with E-state index in [4.69, 9.17) is 18.6 Å². The topological polar surface area (TPSA) is 63.4 Å². The Balaban J connectivity index is 3.39. The van der Waals surface area contributed by atoms with Gasteiger partial charge in [-0.2, -0.15) is 12.7 Å². The number of rotatable bonds is 3. The average molecular weight is 234 g/mol. The molecule has 0 aliphatic carbocycles. The van der Waals surface area contributed by atoms with Gasteiger partial charge in [0.15, 0.2) is 0 Å². The number of hydrogen-bond acceptors (Lipinski definition) is 3. The summed E-state index contributed by atoms with van der Waals surface area (Å²) in [6.45, 7) is 0.175. The van der Waals surface area contributed by atoms with Gasteiger partial charge in [-0.05, 0) is 11.6 Å². The maximum atomic E-state index is 11.5. The summed E-state index contributed by atoms with van der Waals surface area (Å²) in [5.41, 5.74) is 6.41. The van der Waals surface area contributed by atoms with Crippen molar-refractivity contribution in [2.75, 3.05) is 4.31 Å². The number of hydrogen-bond donors (Lipinski definition) is 1. The Kier molecular flexibility index (Phi) is 3.57. The Labute approximate surface area is 95.1 Å². The number of anilines is 1. The number of benzene rings is 1. The van der Waals surface area contributed by atoms with E-state index in [1.807, 2.05) is 6.04 Å². The van der Waals surface area contributed by atoms with Gasteiger partial charge < -0.3 is 5.73 Å². The second-order valence-corrected chi connectivity index (χ2v) is 4.40. The molecule has 1 rings (SSSR count). The molecule has 0 amide bonds. The van der Waals surface area contributed by atoms with Crippen molar-refractivity contribution < 1.29 is 8.42 Å².